The van der Waals surface area contributed by atoms with E-state index in [1.165, 1.54) is 33.8 Å². The van der Waals surface area contributed by atoms with Gasteiger partial charge in [0.15, 0.2) is 0 Å². The van der Waals surface area contributed by atoms with Crippen LogP contribution < -0.4 is 0 Å². The Hall–Kier alpha value is -4.68. The van der Waals surface area contributed by atoms with Crippen molar-refractivity contribution in [2.75, 3.05) is 26.3 Å². The summed E-state index contributed by atoms with van der Waals surface area (Å²) in [5, 5.41) is 5.05. The standard InChI is InChI=1S/C52H66N2O8S2/c1-5-9-11-17-23-35-29-41(63-33-35)37-31-39-46-45-40(50(58)53(51(59)47(37)45)25-19-13-15-21-27-61-43(55)7-3)32-38(42-30-36(34-64-42)24-18-12-10-6-2)48(46)52(60)54(49(39)57)26-20-14-16-22-28-62-44(56)8-4/h29-34H,5-28H2,1-4H3. The van der Waals surface area contributed by atoms with Crippen LogP contribution in [0.3, 0.4) is 0 Å². The van der Waals surface area contributed by atoms with Crippen molar-refractivity contribution in [2.45, 2.75) is 156 Å². The van der Waals surface area contributed by atoms with E-state index in [1.807, 2.05) is 12.1 Å². The van der Waals surface area contributed by atoms with Crippen LogP contribution in [0.1, 0.15) is 196 Å². The van der Waals surface area contributed by atoms with Crippen molar-refractivity contribution >= 4 is 69.0 Å². The summed E-state index contributed by atoms with van der Waals surface area (Å²) in [5.74, 6) is -2.12. The smallest absolute Gasteiger partial charge is 0.305 e. The van der Waals surface area contributed by atoms with Crippen molar-refractivity contribution in [1.82, 2.24) is 9.80 Å². The van der Waals surface area contributed by atoms with Gasteiger partial charge < -0.3 is 9.47 Å². The Morgan fingerprint density at radius 3 is 1.25 bits per heavy atom. The van der Waals surface area contributed by atoms with Crippen LogP contribution in [0, 0.1) is 0 Å². The van der Waals surface area contributed by atoms with Gasteiger partial charge in [0, 0.05) is 68.7 Å². The molecule has 0 atom stereocenters. The summed E-state index contributed by atoms with van der Waals surface area (Å²) in [4.78, 5) is 87.1. The molecule has 0 N–H and O–H groups in total. The number of esters is 2. The molecule has 2 aliphatic heterocycles. The van der Waals surface area contributed by atoms with E-state index in [0.717, 1.165) is 86.8 Å². The zero-order valence-corrected chi connectivity index (χ0v) is 40.0. The number of nitrogens with zero attached hydrogens (tertiary/aromatic N) is 2. The number of benzene rings is 2. The first kappa shape index (κ1) is 48.8. The first-order valence-electron chi connectivity index (χ1n) is 24.0. The lowest BCUT2D eigenvalue weighted by molar-refractivity contribution is -0.144. The van der Waals surface area contributed by atoms with Gasteiger partial charge in [-0.1, -0.05) is 79.1 Å². The van der Waals surface area contributed by atoms with Gasteiger partial charge in [0.05, 0.1) is 24.3 Å². The van der Waals surface area contributed by atoms with Crippen molar-refractivity contribution in [3.8, 4) is 20.9 Å². The van der Waals surface area contributed by atoms with Crippen LogP contribution >= 0.6 is 22.7 Å². The molecule has 0 fully saturated rings. The van der Waals surface area contributed by atoms with Crippen LogP contribution in [0.2, 0.25) is 0 Å². The molecular weight excluding hydrogens is 845 g/mol. The van der Waals surface area contributed by atoms with Crippen molar-refractivity contribution in [3.05, 3.63) is 68.4 Å². The number of imide groups is 2. The minimum Gasteiger partial charge on any atom is -0.466 e. The second-order valence-electron chi connectivity index (χ2n) is 17.2. The zero-order valence-electron chi connectivity index (χ0n) is 38.4. The molecule has 6 rings (SSSR count). The lowest BCUT2D eigenvalue weighted by atomic mass is 9.80. The third-order valence-corrected chi connectivity index (χ3v) is 14.4. The number of hydrogen-bond acceptors (Lipinski definition) is 10. The predicted octanol–water partition coefficient (Wildman–Crippen LogP) is 12.8. The summed E-state index contributed by atoms with van der Waals surface area (Å²) in [6, 6.07) is 7.89. The van der Waals surface area contributed by atoms with E-state index in [-0.39, 0.29) is 25.0 Å². The molecule has 0 bridgehead atoms. The number of thiophene rings is 2. The molecule has 4 heterocycles. The minimum atomic E-state index is -0.420. The van der Waals surface area contributed by atoms with Crippen LogP contribution in [0.4, 0.5) is 0 Å². The highest BCUT2D eigenvalue weighted by Crippen LogP contribution is 2.48. The van der Waals surface area contributed by atoms with Crippen molar-refractivity contribution < 1.29 is 38.2 Å². The quantitative estimate of drug-likeness (QED) is 0.0313. The monoisotopic (exact) mass is 910 g/mol. The van der Waals surface area contributed by atoms with Crippen molar-refractivity contribution in [3.63, 3.8) is 0 Å². The third-order valence-electron chi connectivity index (χ3n) is 12.4. The molecule has 2 aromatic heterocycles. The highest BCUT2D eigenvalue weighted by Gasteiger charge is 2.43. The average molecular weight is 911 g/mol. The SMILES string of the molecule is CCCCCCc1csc(-c2cc3c4c(c(-c5cc(CCCCCC)cs5)cc5c4c2C(=O)N(CCCCCCOC(=O)CC)C5=O)C(=O)N(CCCCCCOC(=O)CC)C3=O)c1. The summed E-state index contributed by atoms with van der Waals surface area (Å²) in [6.07, 6.45) is 17.1. The minimum absolute atomic E-state index is 0.215. The normalized spacial score (nSPS) is 13.4. The molecule has 0 unspecified atom stereocenters. The van der Waals surface area contributed by atoms with Crippen LogP contribution in [0.25, 0.3) is 31.7 Å². The fourth-order valence-electron chi connectivity index (χ4n) is 8.79. The van der Waals surface area contributed by atoms with Gasteiger partial charge in [0.25, 0.3) is 23.6 Å². The molecule has 0 saturated carbocycles. The van der Waals surface area contributed by atoms with Gasteiger partial charge in [0.1, 0.15) is 0 Å². The highest BCUT2D eigenvalue weighted by atomic mass is 32.1. The molecule has 2 aromatic carbocycles. The number of hydrogen-bond donors (Lipinski definition) is 0. The molecule has 0 radical (unpaired) electrons. The van der Waals surface area contributed by atoms with E-state index < -0.39 is 23.6 Å². The highest BCUT2D eigenvalue weighted by molar-refractivity contribution is 7.14. The maximum atomic E-state index is 14.9. The lowest BCUT2D eigenvalue weighted by Crippen LogP contribution is -2.44. The molecule has 2 aliphatic rings. The molecular formula is C52H66N2O8S2. The molecule has 0 aliphatic carbocycles. The number of rotatable bonds is 28. The topological polar surface area (TPSA) is 127 Å². The largest absolute Gasteiger partial charge is 0.466 e. The Morgan fingerprint density at radius 1 is 0.469 bits per heavy atom. The van der Waals surface area contributed by atoms with E-state index in [0.29, 0.717) is 95.9 Å². The van der Waals surface area contributed by atoms with Gasteiger partial charge in [-0.05, 0) is 110 Å². The fraction of sp³-hybridized carbons (Fsp3) is 0.538. The molecule has 12 heteroatoms. The summed E-state index contributed by atoms with van der Waals surface area (Å²) in [5.41, 5.74) is 4.98. The molecule has 4 aromatic rings. The van der Waals surface area contributed by atoms with E-state index in [2.05, 4.69) is 36.7 Å². The summed E-state index contributed by atoms with van der Waals surface area (Å²) in [7, 11) is 0. The van der Waals surface area contributed by atoms with Gasteiger partial charge in [-0.3, -0.25) is 38.6 Å². The number of aryl methyl sites for hydroxylation is 2. The number of carbonyl (C=O) groups is 6. The Morgan fingerprint density at radius 2 is 0.859 bits per heavy atom. The van der Waals surface area contributed by atoms with Gasteiger partial charge in [-0.15, -0.1) is 22.7 Å². The van der Waals surface area contributed by atoms with Gasteiger partial charge in [-0.2, -0.15) is 0 Å². The third kappa shape index (κ3) is 11.6. The molecule has 10 nitrogen and oxygen atoms in total. The van der Waals surface area contributed by atoms with Crippen LogP contribution in [-0.2, 0) is 31.9 Å². The average Bonchev–Trinajstić information content (AvgIpc) is 3.98. The lowest BCUT2D eigenvalue weighted by Gasteiger charge is -2.34. The number of ether oxygens (including phenoxy) is 2. The predicted molar refractivity (Wildman–Crippen MR) is 256 cm³/mol. The Labute approximate surface area is 387 Å². The van der Waals surface area contributed by atoms with Gasteiger partial charge in [-0.25, -0.2) is 0 Å². The molecule has 0 saturated heterocycles. The summed E-state index contributed by atoms with van der Waals surface area (Å²) >= 11 is 3.08. The Bertz CT molecular complexity index is 2150. The van der Waals surface area contributed by atoms with Crippen LogP contribution in [-0.4, -0.2) is 71.7 Å². The fourth-order valence-corrected chi connectivity index (χ4v) is 10.7. The van der Waals surface area contributed by atoms with E-state index in [4.69, 9.17) is 9.47 Å². The second-order valence-corrected chi connectivity index (χ2v) is 19.0. The first-order valence-corrected chi connectivity index (χ1v) is 25.8. The summed E-state index contributed by atoms with van der Waals surface area (Å²) in [6.45, 7) is 9.04. The molecule has 344 valence electrons. The van der Waals surface area contributed by atoms with Gasteiger partial charge >= 0.3 is 11.9 Å². The maximum absolute atomic E-state index is 14.9. The van der Waals surface area contributed by atoms with Crippen molar-refractivity contribution in [1.29, 1.82) is 0 Å². The van der Waals surface area contributed by atoms with Gasteiger partial charge in [0.2, 0.25) is 0 Å². The Balaban J connectivity index is 1.41. The van der Waals surface area contributed by atoms with E-state index >= 15 is 0 Å². The van der Waals surface area contributed by atoms with Crippen LogP contribution in [0.5, 0.6) is 0 Å². The molecule has 4 amide bonds. The van der Waals surface area contributed by atoms with Crippen molar-refractivity contribution in [2.24, 2.45) is 0 Å². The first-order chi connectivity index (χ1) is 31.1. The number of carbonyl (C=O) groups excluding carboxylic acids is 6. The zero-order chi connectivity index (χ0) is 45.6. The van der Waals surface area contributed by atoms with E-state index in [1.54, 1.807) is 36.5 Å². The molecule has 0 spiro atoms. The maximum Gasteiger partial charge on any atom is 0.305 e. The molecule has 64 heavy (non-hydrogen) atoms. The summed E-state index contributed by atoms with van der Waals surface area (Å²) < 4.78 is 10.5. The van der Waals surface area contributed by atoms with Crippen LogP contribution in [0.15, 0.2) is 35.0 Å². The number of amides is 4. The number of unbranched alkanes of at least 4 members (excludes halogenated alkanes) is 12. The van der Waals surface area contributed by atoms with E-state index in [9.17, 15) is 28.8 Å². The Kier molecular flexibility index (Phi) is 18.3. The second kappa shape index (κ2) is 24.0.